The molecule has 0 aromatic heterocycles. The maximum atomic E-state index is 14.3. The minimum atomic E-state index is -4.21. The molecule has 236 valence electrons. The number of hydrogen-bond acceptors (Lipinski definition) is 4. The van der Waals surface area contributed by atoms with Gasteiger partial charge in [0.05, 0.1) is 10.6 Å². The van der Waals surface area contributed by atoms with E-state index in [1.807, 2.05) is 20.8 Å². The van der Waals surface area contributed by atoms with Crippen molar-refractivity contribution in [1.82, 2.24) is 10.2 Å². The first-order valence-electron chi connectivity index (χ1n) is 14.8. The molecule has 3 aromatic carbocycles. The van der Waals surface area contributed by atoms with Gasteiger partial charge in [-0.3, -0.25) is 13.9 Å². The lowest BCUT2D eigenvalue weighted by Gasteiger charge is -2.34. The molecular formula is C33H38Cl3N3O4S. The highest BCUT2D eigenvalue weighted by Crippen LogP contribution is 2.30. The maximum absolute atomic E-state index is 14.3. The van der Waals surface area contributed by atoms with Crippen LogP contribution in [-0.2, 0) is 26.2 Å². The third-order valence-corrected chi connectivity index (χ3v) is 10.8. The number of nitrogens with one attached hydrogen (secondary N) is 1. The average molecular weight is 679 g/mol. The van der Waals surface area contributed by atoms with Gasteiger partial charge < -0.3 is 10.2 Å². The summed E-state index contributed by atoms with van der Waals surface area (Å²) in [7, 11) is -4.21. The van der Waals surface area contributed by atoms with Gasteiger partial charge >= 0.3 is 0 Å². The summed E-state index contributed by atoms with van der Waals surface area (Å²) in [5.41, 5.74) is 2.47. The normalized spacial score (nSPS) is 14.6. The molecule has 44 heavy (non-hydrogen) atoms. The maximum Gasteiger partial charge on any atom is 0.264 e. The van der Waals surface area contributed by atoms with E-state index < -0.39 is 28.5 Å². The molecule has 7 nitrogen and oxygen atoms in total. The van der Waals surface area contributed by atoms with Gasteiger partial charge in [-0.1, -0.05) is 90.8 Å². The lowest BCUT2D eigenvalue weighted by atomic mass is 9.95. The SMILES string of the molecule is CCC(C(=O)NC1CCCCC1)N(Cc1ccc(Cl)cc1Cl)C(=O)CN(c1ccc(C)c(Cl)c1)S(=O)(=O)c1ccc(C)cc1. The van der Waals surface area contributed by atoms with E-state index in [0.29, 0.717) is 27.1 Å². The number of halogens is 3. The second-order valence-electron chi connectivity index (χ2n) is 11.3. The molecule has 1 N–H and O–H groups in total. The van der Waals surface area contributed by atoms with Crippen LogP contribution in [0, 0.1) is 13.8 Å². The summed E-state index contributed by atoms with van der Waals surface area (Å²) in [5, 5.41) is 4.28. The van der Waals surface area contributed by atoms with Crippen LogP contribution in [0.15, 0.2) is 65.6 Å². The Morgan fingerprint density at radius 2 is 1.59 bits per heavy atom. The highest BCUT2D eigenvalue weighted by Gasteiger charge is 2.35. The predicted octanol–water partition coefficient (Wildman–Crippen LogP) is 7.72. The van der Waals surface area contributed by atoms with Crippen molar-refractivity contribution in [2.45, 2.75) is 82.8 Å². The first kappa shape index (κ1) is 34.1. The molecule has 11 heteroatoms. The number of amides is 2. The third-order valence-electron chi connectivity index (χ3n) is 8.02. The number of rotatable bonds is 11. The number of aryl methyl sites for hydroxylation is 2. The molecule has 0 spiro atoms. The summed E-state index contributed by atoms with van der Waals surface area (Å²) in [6.07, 6.45) is 5.30. The van der Waals surface area contributed by atoms with Crippen LogP contribution in [0.5, 0.6) is 0 Å². The largest absolute Gasteiger partial charge is 0.352 e. The van der Waals surface area contributed by atoms with Crippen molar-refractivity contribution in [3.05, 3.63) is 92.4 Å². The molecule has 3 aromatic rings. The van der Waals surface area contributed by atoms with Gasteiger partial charge in [-0.25, -0.2) is 8.42 Å². The average Bonchev–Trinajstić information content (AvgIpc) is 2.99. The quantitative estimate of drug-likeness (QED) is 0.225. The molecule has 1 aliphatic carbocycles. The molecule has 1 aliphatic rings. The smallest absolute Gasteiger partial charge is 0.264 e. The van der Waals surface area contributed by atoms with Crippen molar-refractivity contribution in [2.24, 2.45) is 0 Å². The van der Waals surface area contributed by atoms with E-state index in [4.69, 9.17) is 34.8 Å². The Bertz CT molecular complexity index is 1590. The van der Waals surface area contributed by atoms with Gasteiger partial charge in [-0.15, -0.1) is 0 Å². The zero-order valence-electron chi connectivity index (χ0n) is 25.2. The molecule has 0 radical (unpaired) electrons. The minimum Gasteiger partial charge on any atom is -0.352 e. The topological polar surface area (TPSA) is 86.8 Å². The van der Waals surface area contributed by atoms with Gasteiger partial charge in [0.1, 0.15) is 12.6 Å². The van der Waals surface area contributed by atoms with Gasteiger partial charge in [0.15, 0.2) is 0 Å². The highest BCUT2D eigenvalue weighted by atomic mass is 35.5. The predicted molar refractivity (Wildman–Crippen MR) is 178 cm³/mol. The zero-order chi connectivity index (χ0) is 32.0. The summed E-state index contributed by atoms with van der Waals surface area (Å²) >= 11 is 19.1. The van der Waals surface area contributed by atoms with Crippen molar-refractivity contribution in [1.29, 1.82) is 0 Å². The molecule has 0 bridgehead atoms. The fraction of sp³-hybridized carbons (Fsp3) is 0.394. The summed E-state index contributed by atoms with van der Waals surface area (Å²) in [6.45, 7) is 4.92. The summed E-state index contributed by atoms with van der Waals surface area (Å²) in [4.78, 5) is 29.5. The van der Waals surface area contributed by atoms with Gasteiger partial charge in [-0.2, -0.15) is 0 Å². The van der Waals surface area contributed by atoms with Gasteiger partial charge in [0.25, 0.3) is 10.0 Å². The summed E-state index contributed by atoms with van der Waals surface area (Å²) in [5.74, 6) is -0.835. The molecule has 0 aliphatic heterocycles. The van der Waals surface area contributed by atoms with Crippen molar-refractivity contribution >= 4 is 62.3 Å². The minimum absolute atomic E-state index is 0.0154. The fourth-order valence-electron chi connectivity index (χ4n) is 5.40. The van der Waals surface area contributed by atoms with Crippen molar-refractivity contribution in [2.75, 3.05) is 10.8 Å². The van der Waals surface area contributed by atoms with Crippen LogP contribution < -0.4 is 9.62 Å². The number of carbonyl (C=O) groups is 2. The molecule has 1 saturated carbocycles. The van der Waals surface area contributed by atoms with Crippen LogP contribution in [-0.4, -0.2) is 43.8 Å². The van der Waals surface area contributed by atoms with Gasteiger partial charge in [0, 0.05) is 27.7 Å². The number of sulfonamides is 1. The first-order valence-corrected chi connectivity index (χ1v) is 17.4. The Balaban J connectivity index is 1.74. The van der Waals surface area contributed by atoms with Crippen LogP contribution >= 0.6 is 34.8 Å². The zero-order valence-corrected chi connectivity index (χ0v) is 28.2. The van der Waals surface area contributed by atoms with E-state index in [-0.39, 0.29) is 29.1 Å². The first-order chi connectivity index (χ1) is 20.9. The highest BCUT2D eigenvalue weighted by molar-refractivity contribution is 7.92. The summed E-state index contributed by atoms with van der Waals surface area (Å²) < 4.78 is 29.2. The van der Waals surface area contributed by atoms with E-state index in [1.165, 1.54) is 23.1 Å². The van der Waals surface area contributed by atoms with Gasteiger partial charge in [0.2, 0.25) is 11.8 Å². The van der Waals surface area contributed by atoms with E-state index in [1.54, 1.807) is 42.5 Å². The second-order valence-corrected chi connectivity index (χ2v) is 14.4. The van der Waals surface area contributed by atoms with Crippen molar-refractivity contribution in [3.8, 4) is 0 Å². The monoisotopic (exact) mass is 677 g/mol. The van der Waals surface area contributed by atoms with Crippen molar-refractivity contribution < 1.29 is 18.0 Å². The molecule has 0 saturated heterocycles. The summed E-state index contributed by atoms with van der Waals surface area (Å²) in [6, 6.07) is 15.4. The van der Waals surface area contributed by atoms with Crippen LogP contribution in [0.3, 0.4) is 0 Å². The molecule has 1 fully saturated rings. The molecular weight excluding hydrogens is 641 g/mol. The molecule has 0 heterocycles. The van der Waals surface area contributed by atoms with E-state index in [0.717, 1.165) is 47.5 Å². The van der Waals surface area contributed by atoms with Crippen LogP contribution in [0.4, 0.5) is 5.69 Å². The fourth-order valence-corrected chi connectivity index (χ4v) is 7.45. The van der Waals surface area contributed by atoms with E-state index in [9.17, 15) is 18.0 Å². The molecule has 4 rings (SSSR count). The Morgan fingerprint density at radius 1 is 0.909 bits per heavy atom. The van der Waals surface area contributed by atoms with E-state index in [2.05, 4.69) is 5.32 Å². The molecule has 1 atom stereocenters. The third kappa shape index (κ3) is 8.27. The lowest BCUT2D eigenvalue weighted by Crippen LogP contribution is -2.54. The van der Waals surface area contributed by atoms with Crippen LogP contribution in [0.2, 0.25) is 15.1 Å². The number of benzene rings is 3. The Labute approximate surface area is 275 Å². The molecule has 2 amide bonds. The standard InChI is InChI=1S/C33H38Cl3N3O4S/c1-4-31(33(41)37-26-8-6-5-7-9-26)38(20-24-13-14-25(34)18-30(24)36)32(40)21-39(27-15-12-23(3)29(35)19-27)44(42,43)28-16-10-22(2)11-17-28/h10-19,26,31H,4-9,20-21H2,1-3H3,(H,37,41). The Hall–Kier alpha value is -2.78. The Kier molecular flexibility index (Phi) is 11.6. The lowest BCUT2D eigenvalue weighted by molar-refractivity contribution is -0.140. The number of nitrogens with zero attached hydrogens (tertiary/aromatic N) is 2. The number of carbonyl (C=O) groups excluding carboxylic acids is 2. The number of anilines is 1. The van der Waals surface area contributed by atoms with Crippen LogP contribution in [0.1, 0.15) is 62.1 Å². The number of hydrogen-bond donors (Lipinski definition) is 1. The van der Waals surface area contributed by atoms with Crippen LogP contribution in [0.25, 0.3) is 0 Å². The van der Waals surface area contributed by atoms with E-state index >= 15 is 0 Å². The molecule has 1 unspecified atom stereocenters. The second kappa shape index (κ2) is 15.0. The van der Waals surface area contributed by atoms with Crippen molar-refractivity contribution in [3.63, 3.8) is 0 Å². The Morgan fingerprint density at radius 3 is 2.20 bits per heavy atom. The van der Waals surface area contributed by atoms with Gasteiger partial charge in [-0.05, 0) is 80.6 Å².